The van der Waals surface area contributed by atoms with Crippen LogP contribution in [0.5, 0.6) is 0 Å². The third-order valence-corrected chi connectivity index (χ3v) is 3.57. The first-order valence-corrected chi connectivity index (χ1v) is 7.48. The van der Waals surface area contributed by atoms with Gasteiger partial charge in [0.25, 0.3) is 0 Å². The summed E-state index contributed by atoms with van der Waals surface area (Å²) in [5, 5.41) is 3.48. The van der Waals surface area contributed by atoms with E-state index in [-0.39, 0.29) is 6.09 Å². The minimum Gasteiger partial charge on any atom is -0.445 e. The average Bonchev–Trinajstić information content (AvgIpc) is 2.52. The number of carbonyl (C=O) groups is 1. The normalized spacial score (nSPS) is 18.9. The molecular formula is C16H24N2O2. The Kier molecular flexibility index (Phi) is 5.87. The summed E-state index contributed by atoms with van der Waals surface area (Å²) in [4.78, 5) is 13.9. The van der Waals surface area contributed by atoms with Gasteiger partial charge in [-0.2, -0.15) is 0 Å². The second-order valence-corrected chi connectivity index (χ2v) is 5.28. The van der Waals surface area contributed by atoms with E-state index in [0.717, 1.165) is 44.5 Å². The van der Waals surface area contributed by atoms with Gasteiger partial charge >= 0.3 is 6.09 Å². The number of piperidine rings is 1. The lowest BCUT2D eigenvalue weighted by atomic mass is 10.1. The molecule has 0 aromatic heterocycles. The quantitative estimate of drug-likeness (QED) is 0.899. The molecule has 1 heterocycles. The van der Waals surface area contributed by atoms with Crippen LogP contribution in [0.1, 0.15) is 31.7 Å². The molecule has 1 aliphatic rings. The molecule has 1 saturated heterocycles. The van der Waals surface area contributed by atoms with E-state index < -0.39 is 0 Å². The molecule has 2 rings (SSSR count). The maximum Gasteiger partial charge on any atom is 0.410 e. The summed E-state index contributed by atoms with van der Waals surface area (Å²) < 4.78 is 5.38. The minimum absolute atomic E-state index is 0.197. The zero-order valence-corrected chi connectivity index (χ0v) is 12.2. The summed E-state index contributed by atoms with van der Waals surface area (Å²) in [7, 11) is 0. The van der Waals surface area contributed by atoms with Gasteiger partial charge in [0.05, 0.1) is 0 Å². The lowest BCUT2D eigenvalue weighted by molar-refractivity contribution is 0.0833. The Labute approximate surface area is 121 Å². The summed E-state index contributed by atoms with van der Waals surface area (Å²) in [6, 6.07) is 10.2. The fourth-order valence-corrected chi connectivity index (χ4v) is 2.47. The number of benzene rings is 1. The summed E-state index contributed by atoms with van der Waals surface area (Å²) >= 11 is 0. The Morgan fingerprint density at radius 1 is 1.40 bits per heavy atom. The highest BCUT2D eigenvalue weighted by atomic mass is 16.6. The van der Waals surface area contributed by atoms with Crippen molar-refractivity contribution in [3.05, 3.63) is 35.9 Å². The van der Waals surface area contributed by atoms with E-state index in [4.69, 9.17) is 4.74 Å². The standard InChI is InChI=1S/C16H24N2O2/c1-2-10-17-15-9-6-11-18(12-15)16(19)20-13-14-7-4-3-5-8-14/h3-5,7-8,15,17H,2,6,9-13H2,1H3. The summed E-state index contributed by atoms with van der Waals surface area (Å²) in [6.07, 6.45) is 3.11. The van der Waals surface area contributed by atoms with Crippen LogP contribution in [0.15, 0.2) is 30.3 Å². The van der Waals surface area contributed by atoms with Crippen LogP contribution in [0, 0.1) is 0 Å². The van der Waals surface area contributed by atoms with E-state index in [1.54, 1.807) is 0 Å². The van der Waals surface area contributed by atoms with Gasteiger partial charge in [0.15, 0.2) is 0 Å². The van der Waals surface area contributed by atoms with Gasteiger partial charge in [0, 0.05) is 19.1 Å². The van der Waals surface area contributed by atoms with Crippen molar-refractivity contribution in [1.82, 2.24) is 10.2 Å². The van der Waals surface area contributed by atoms with Crippen LogP contribution in [0.2, 0.25) is 0 Å². The Hall–Kier alpha value is -1.55. The van der Waals surface area contributed by atoms with Crippen LogP contribution in [-0.4, -0.2) is 36.7 Å². The highest BCUT2D eigenvalue weighted by Crippen LogP contribution is 2.12. The Balaban J connectivity index is 1.77. The first kappa shape index (κ1) is 14.9. The molecule has 1 aliphatic heterocycles. The third kappa shape index (κ3) is 4.53. The zero-order chi connectivity index (χ0) is 14.2. The molecule has 0 saturated carbocycles. The predicted molar refractivity (Wildman–Crippen MR) is 79.5 cm³/mol. The monoisotopic (exact) mass is 276 g/mol. The van der Waals surface area contributed by atoms with Gasteiger partial charge in [-0.15, -0.1) is 0 Å². The van der Waals surface area contributed by atoms with E-state index in [1.807, 2.05) is 35.2 Å². The maximum atomic E-state index is 12.1. The number of hydrogen-bond acceptors (Lipinski definition) is 3. The van der Waals surface area contributed by atoms with Crippen molar-refractivity contribution in [2.24, 2.45) is 0 Å². The van der Waals surface area contributed by atoms with E-state index in [0.29, 0.717) is 12.6 Å². The lowest BCUT2D eigenvalue weighted by Gasteiger charge is -2.32. The molecule has 0 spiro atoms. The lowest BCUT2D eigenvalue weighted by Crippen LogP contribution is -2.48. The van der Waals surface area contributed by atoms with Gasteiger partial charge in [-0.3, -0.25) is 0 Å². The Bertz CT molecular complexity index is 408. The minimum atomic E-state index is -0.197. The maximum absolute atomic E-state index is 12.1. The highest BCUT2D eigenvalue weighted by Gasteiger charge is 2.24. The largest absolute Gasteiger partial charge is 0.445 e. The predicted octanol–water partition coefficient (Wildman–Crippen LogP) is 2.79. The molecule has 1 unspecified atom stereocenters. The molecule has 1 atom stereocenters. The van der Waals surface area contributed by atoms with Gasteiger partial charge in [0.1, 0.15) is 6.61 Å². The second kappa shape index (κ2) is 7.90. The van der Waals surface area contributed by atoms with Crippen LogP contribution in [0.4, 0.5) is 4.79 Å². The van der Waals surface area contributed by atoms with Crippen molar-refractivity contribution in [1.29, 1.82) is 0 Å². The van der Waals surface area contributed by atoms with Crippen molar-refractivity contribution in [2.75, 3.05) is 19.6 Å². The molecule has 0 radical (unpaired) electrons. The second-order valence-electron chi connectivity index (χ2n) is 5.28. The van der Waals surface area contributed by atoms with Gasteiger partial charge in [-0.25, -0.2) is 4.79 Å². The smallest absolute Gasteiger partial charge is 0.410 e. The molecule has 0 bridgehead atoms. The highest BCUT2D eigenvalue weighted by molar-refractivity contribution is 5.67. The fraction of sp³-hybridized carbons (Fsp3) is 0.562. The SMILES string of the molecule is CCCNC1CCCN(C(=O)OCc2ccccc2)C1. The summed E-state index contributed by atoms with van der Waals surface area (Å²) in [5.41, 5.74) is 1.03. The van der Waals surface area contributed by atoms with Crippen LogP contribution in [0.3, 0.4) is 0 Å². The van der Waals surface area contributed by atoms with Crippen molar-refractivity contribution >= 4 is 6.09 Å². The Morgan fingerprint density at radius 3 is 2.95 bits per heavy atom. The zero-order valence-electron chi connectivity index (χ0n) is 12.2. The van der Waals surface area contributed by atoms with Crippen molar-refractivity contribution in [3.63, 3.8) is 0 Å². The molecule has 1 amide bonds. The number of nitrogens with zero attached hydrogens (tertiary/aromatic N) is 1. The number of ether oxygens (including phenoxy) is 1. The van der Waals surface area contributed by atoms with E-state index in [1.165, 1.54) is 0 Å². The van der Waals surface area contributed by atoms with Crippen LogP contribution < -0.4 is 5.32 Å². The molecular weight excluding hydrogens is 252 g/mol. The number of likely N-dealkylation sites (tertiary alicyclic amines) is 1. The molecule has 1 aromatic rings. The molecule has 4 nitrogen and oxygen atoms in total. The summed E-state index contributed by atoms with van der Waals surface area (Å²) in [6.45, 7) is 5.08. The van der Waals surface area contributed by atoms with Crippen molar-refractivity contribution in [3.8, 4) is 0 Å². The number of carbonyl (C=O) groups excluding carboxylic acids is 1. The fourth-order valence-electron chi connectivity index (χ4n) is 2.47. The first-order chi connectivity index (χ1) is 9.79. The van der Waals surface area contributed by atoms with Crippen LogP contribution in [-0.2, 0) is 11.3 Å². The molecule has 0 aliphatic carbocycles. The number of amides is 1. The molecule has 1 aromatic carbocycles. The first-order valence-electron chi connectivity index (χ1n) is 7.48. The molecule has 1 N–H and O–H groups in total. The molecule has 110 valence electrons. The van der Waals surface area contributed by atoms with Gasteiger partial charge in [-0.05, 0) is 31.4 Å². The van der Waals surface area contributed by atoms with Crippen molar-refractivity contribution in [2.45, 2.75) is 38.8 Å². The average molecular weight is 276 g/mol. The summed E-state index contributed by atoms with van der Waals surface area (Å²) in [5.74, 6) is 0. The molecule has 20 heavy (non-hydrogen) atoms. The van der Waals surface area contributed by atoms with E-state index >= 15 is 0 Å². The van der Waals surface area contributed by atoms with Gasteiger partial charge < -0.3 is 15.0 Å². The van der Waals surface area contributed by atoms with Gasteiger partial charge in [-0.1, -0.05) is 37.3 Å². The van der Waals surface area contributed by atoms with Gasteiger partial charge in [0.2, 0.25) is 0 Å². The van der Waals surface area contributed by atoms with E-state index in [2.05, 4.69) is 12.2 Å². The number of rotatable bonds is 5. The molecule has 4 heteroatoms. The van der Waals surface area contributed by atoms with E-state index in [9.17, 15) is 4.79 Å². The number of hydrogen-bond donors (Lipinski definition) is 1. The molecule has 1 fully saturated rings. The third-order valence-electron chi connectivity index (χ3n) is 3.57. The Morgan fingerprint density at radius 2 is 2.20 bits per heavy atom. The topological polar surface area (TPSA) is 41.6 Å². The number of nitrogens with one attached hydrogen (secondary N) is 1. The van der Waals surface area contributed by atoms with Crippen LogP contribution >= 0.6 is 0 Å². The van der Waals surface area contributed by atoms with Crippen LogP contribution in [0.25, 0.3) is 0 Å². The van der Waals surface area contributed by atoms with Crippen molar-refractivity contribution < 1.29 is 9.53 Å².